The zero-order valence-corrected chi connectivity index (χ0v) is 22.2. The van der Waals surface area contributed by atoms with Gasteiger partial charge in [0.15, 0.2) is 0 Å². The summed E-state index contributed by atoms with van der Waals surface area (Å²) in [4.78, 5) is 42.5. The fourth-order valence-electron chi connectivity index (χ4n) is 4.59. The molecule has 4 rings (SSSR count). The summed E-state index contributed by atoms with van der Waals surface area (Å²) in [5.74, 6) is -0.216. The third-order valence-corrected chi connectivity index (χ3v) is 6.99. The smallest absolute Gasteiger partial charge is 0.323 e. The third-order valence-electron chi connectivity index (χ3n) is 6.99. The van der Waals surface area contributed by atoms with E-state index in [1.54, 1.807) is 43.3 Å². The second-order valence-electron chi connectivity index (χ2n) is 10.2. The Morgan fingerprint density at radius 2 is 1.76 bits per heavy atom. The number of methoxy groups -OCH3 is 1. The predicted molar refractivity (Wildman–Crippen MR) is 142 cm³/mol. The molecule has 0 bridgehead atoms. The quantitative estimate of drug-likeness (QED) is 0.622. The highest BCUT2D eigenvalue weighted by Gasteiger charge is 2.37. The van der Waals surface area contributed by atoms with Gasteiger partial charge < -0.3 is 29.9 Å². The first kappa shape index (κ1) is 27.4. The minimum atomic E-state index is -0.582. The van der Waals surface area contributed by atoms with Crippen molar-refractivity contribution in [2.24, 2.45) is 11.8 Å². The molecule has 0 spiro atoms. The van der Waals surface area contributed by atoms with Crippen LogP contribution < -0.4 is 15.4 Å². The van der Waals surface area contributed by atoms with E-state index in [9.17, 15) is 18.8 Å². The standard InChI is InChI=1S/C28H35FN4O5/c1-17-14-33(26(34)19-8-9-19)18(2)16-38-24-11-10-22(13-23(24)27(35)32(3)15-25(17)37-4)31-28(36)30-21-7-5-6-20(29)12-21/h5-7,10-13,17-19,25H,8-9,14-16H2,1-4H3,(H2,30,31,36)/t17-,18-,25-/m1/s1. The number of amides is 4. The Kier molecular flexibility index (Phi) is 8.51. The van der Waals surface area contributed by atoms with Gasteiger partial charge in [-0.1, -0.05) is 13.0 Å². The summed E-state index contributed by atoms with van der Waals surface area (Å²) in [6.45, 7) is 5.00. The zero-order chi connectivity index (χ0) is 27.4. The summed E-state index contributed by atoms with van der Waals surface area (Å²) in [7, 11) is 3.29. The molecular formula is C28H35FN4O5. The van der Waals surface area contributed by atoms with Crippen LogP contribution >= 0.6 is 0 Å². The molecule has 38 heavy (non-hydrogen) atoms. The Morgan fingerprint density at radius 3 is 2.42 bits per heavy atom. The molecule has 2 N–H and O–H groups in total. The van der Waals surface area contributed by atoms with E-state index in [0.29, 0.717) is 30.2 Å². The second-order valence-corrected chi connectivity index (χ2v) is 10.2. The lowest BCUT2D eigenvalue weighted by atomic mass is 10.0. The van der Waals surface area contributed by atoms with Crippen LogP contribution in [-0.4, -0.2) is 73.6 Å². The zero-order valence-electron chi connectivity index (χ0n) is 22.2. The maximum atomic E-state index is 13.5. The van der Waals surface area contributed by atoms with Crippen molar-refractivity contribution in [1.29, 1.82) is 0 Å². The number of hydrogen-bond donors (Lipinski definition) is 2. The highest BCUT2D eigenvalue weighted by atomic mass is 19.1. The van der Waals surface area contributed by atoms with Gasteiger partial charge in [0.1, 0.15) is 18.2 Å². The number of carbonyl (C=O) groups is 3. The normalized spacial score (nSPS) is 22.4. The maximum Gasteiger partial charge on any atom is 0.323 e. The molecule has 0 unspecified atom stereocenters. The van der Waals surface area contributed by atoms with Gasteiger partial charge in [-0.15, -0.1) is 0 Å². The van der Waals surface area contributed by atoms with Crippen LogP contribution in [0, 0.1) is 17.7 Å². The van der Waals surface area contributed by atoms with Crippen molar-refractivity contribution in [3.63, 3.8) is 0 Å². The summed E-state index contributed by atoms with van der Waals surface area (Å²) in [5, 5.41) is 5.25. The van der Waals surface area contributed by atoms with Crippen molar-refractivity contribution in [3.05, 3.63) is 53.8 Å². The molecule has 4 amide bonds. The molecular weight excluding hydrogens is 491 g/mol. The number of nitrogens with one attached hydrogen (secondary N) is 2. The highest BCUT2D eigenvalue weighted by molar-refractivity contribution is 6.02. The number of anilines is 2. The van der Waals surface area contributed by atoms with Crippen molar-refractivity contribution < 1.29 is 28.2 Å². The molecule has 0 saturated heterocycles. The molecule has 0 radical (unpaired) electrons. The third kappa shape index (κ3) is 6.61. The molecule has 1 heterocycles. The number of hydrogen-bond acceptors (Lipinski definition) is 5. The van der Waals surface area contributed by atoms with Crippen molar-refractivity contribution in [1.82, 2.24) is 9.80 Å². The van der Waals surface area contributed by atoms with Gasteiger partial charge in [0.2, 0.25) is 5.91 Å². The van der Waals surface area contributed by atoms with E-state index in [0.717, 1.165) is 12.8 Å². The molecule has 0 aromatic heterocycles. The number of likely N-dealkylation sites (N-methyl/N-ethyl adjacent to an activating group) is 1. The van der Waals surface area contributed by atoms with E-state index in [1.165, 1.54) is 18.2 Å². The minimum absolute atomic E-state index is 0.0150. The molecule has 2 aromatic carbocycles. The van der Waals surface area contributed by atoms with Gasteiger partial charge in [0.05, 0.1) is 17.7 Å². The molecule has 2 aliphatic rings. The van der Waals surface area contributed by atoms with Crippen molar-refractivity contribution in [3.8, 4) is 5.75 Å². The summed E-state index contributed by atoms with van der Waals surface area (Å²) in [6, 6.07) is 9.56. The van der Waals surface area contributed by atoms with Crippen LogP contribution in [0.5, 0.6) is 5.75 Å². The van der Waals surface area contributed by atoms with Crippen LogP contribution in [0.25, 0.3) is 0 Å². The lowest BCUT2D eigenvalue weighted by molar-refractivity contribution is -0.136. The van der Waals surface area contributed by atoms with Crippen molar-refractivity contribution in [2.75, 3.05) is 44.5 Å². The molecule has 1 aliphatic heterocycles. The molecule has 1 aliphatic carbocycles. The summed E-state index contributed by atoms with van der Waals surface area (Å²) in [5.41, 5.74) is 0.934. The maximum absolute atomic E-state index is 13.5. The van der Waals surface area contributed by atoms with Crippen LogP contribution in [0.4, 0.5) is 20.6 Å². The molecule has 10 heteroatoms. The van der Waals surface area contributed by atoms with Gasteiger partial charge in [-0.05, 0) is 56.2 Å². The van der Waals surface area contributed by atoms with E-state index in [2.05, 4.69) is 10.6 Å². The minimum Gasteiger partial charge on any atom is -0.491 e. The van der Waals surface area contributed by atoms with Crippen molar-refractivity contribution in [2.45, 2.75) is 38.8 Å². The van der Waals surface area contributed by atoms with Crippen LogP contribution in [0.15, 0.2) is 42.5 Å². The number of carbonyl (C=O) groups excluding carboxylic acids is 3. The molecule has 204 valence electrons. The number of benzene rings is 2. The lowest BCUT2D eigenvalue weighted by Gasteiger charge is -2.36. The first-order valence-corrected chi connectivity index (χ1v) is 12.9. The van der Waals surface area contributed by atoms with Crippen LogP contribution in [0.2, 0.25) is 0 Å². The number of ether oxygens (including phenoxy) is 2. The Labute approximate surface area is 222 Å². The molecule has 3 atom stereocenters. The first-order valence-electron chi connectivity index (χ1n) is 12.9. The summed E-state index contributed by atoms with van der Waals surface area (Å²) < 4.78 is 25.3. The molecule has 9 nitrogen and oxygen atoms in total. The average molecular weight is 527 g/mol. The Bertz CT molecular complexity index is 1190. The Morgan fingerprint density at radius 1 is 1.05 bits per heavy atom. The van der Waals surface area contributed by atoms with E-state index in [-0.39, 0.29) is 48.0 Å². The number of rotatable bonds is 4. The average Bonchev–Trinajstić information content (AvgIpc) is 3.73. The monoisotopic (exact) mass is 526 g/mol. The van der Waals surface area contributed by atoms with Gasteiger partial charge in [-0.3, -0.25) is 9.59 Å². The van der Waals surface area contributed by atoms with Crippen LogP contribution in [-0.2, 0) is 9.53 Å². The molecule has 1 fully saturated rings. The Hall–Kier alpha value is -3.66. The molecule has 2 aromatic rings. The first-order chi connectivity index (χ1) is 18.2. The van der Waals surface area contributed by atoms with E-state index in [4.69, 9.17) is 9.47 Å². The summed E-state index contributed by atoms with van der Waals surface area (Å²) in [6.07, 6.45) is 1.54. The van der Waals surface area contributed by atoms with E-state index < -0.39 is 11.8 Å². The van der Waals surface area contributed by atoms with E-state index >= 15 is 0 Å². The summed E-state index contributed by atoms with van der Waals surface area (Å²) >= 11 is 0. The largest absolute Gasteiger partial charge is 0.491 e. The lowest BCUT2D eigenvalue weighted by Crippen LogP contribution is -2.49. The van der Waals surface area contributed by atoms with Gasteiger partial charge in [0, 0.05) is 50.5 Å². The Balaban J connectivity index is 1.58. The van der Waals surface area contributed by atoms with E-state index in [1.807, 2.05) is 18.7 Å². The van der Waals surface area contributed by atoms with Gasteiger partial charge in [-0.2, -0.15) is 0 Å². The number of nitrogens with zero attached hydrogens (tertiary/aromatic N) is 2. The fourth-order valence-corrected chi connectivity index (χ4v) is 4.59. The van der Waals surface area contributed by atoms with Crippen molar-refractivity contribution >= 4 is 29.2 Å². The molecule has 1 saturated carbocycles. The van der Waals surface area contributed by atoms with Gasteiger partial charge >= 0.3 is 6.03 Å². The number of fused-ring (bicyclic) bond motifs is 1. The van der Waals surface area contributed by atoms with Crippen LogP contribution in [0.1, 0.15) is 37.0 Å². The van der Waals surface area contributed by atoms with Gasteiger partial charge in [-0.25, -0.2) is 9.18 Å². The number of urea groups is 1. The topological polar surface area (TPSA) is 100 Å². The number of halogens is 1. The predicted octanol–water partition coefficient (Wildman–Crippen LogP) is 4.21. The highest BCUT2D eigenvalue weighted by Crippen LogP contribution is 2.33. The fraction of sp³-hybridized carbons (Fsp3) is 0.464. The SMILES string of the molecule is CO[C@@H]1CN(C)C(=O)c2cc(NC(=O)Nc3cccc(F)c3)ccc2OC[C@@H](C)N(C(=O)C2CC2)C[C@H]1C. The second kappa shape index (κ2) is 11.8. The van der Waals surface area contributed by atoms with Gasteiger partial charge in [0.25, 0.3) is 5.91 Å². The van der Waals surface area contributed by atoms with Crippen LogP contribution in [0.3, 0.4) is 0 Å².